The highest BCUT2D eigenvalue weighted by atomic mass is 79.9. The number of ether oxygens (including phenoxy) is 1. The van der Waals surface area contributed by atoms with E-state index in [-0.39, 0.29) is 5.91 Å². The van der Waals surface area contributed by atoms with Crippen LogP contribution in [0.4, 0.5) is 0 Å². The highest BCUT2D eigenvalue weighted by Crippen LogP contribution is 2.25. The van der Waals surface area contributed by atoms with Gasteiger partial charge in [0.2, 0.25) is 0 Å². The van der Waals surface area contributed by atoms with E-state index >= 15 is 0 Å². The molecule has 0 aromatic heterocycles. The molecule has 0 saturated carbocycles. The average Bonchev–Trinajstić information content (AvgIpc) is 2.99. The summed E-state index contributed by atoms with van der Waals surface area (Å²) in [6.45, 7) is 0.959. The van der Waals surface area contributed by atoms with Gasteiger partial charge in [-0.05, 0) is 60.7 Å². The van der Waals surface area contributed by atoms with Gasteiger partial charge in [0.15, 0.2) is 0 Å². The minimum absolute atomic E-state index is 0.0844. The molecule has 0 radical (unpaired) electrons. The lowest BCUT2D eigenvalue weighted by molar-refractivity contribution is 0.0947. The second-order valence-corrected chi connectivity index (χ2v) is 6.31. The number of carbonyl (C=O) groups is 1. The molecule has 2 aromatic rings. The molecule has 3 rings (SSSR count). The van der Waals surface area contributed by atoms with Crippen LogP contribution in [0.25, 0.3) is 0 Å². The maximum atomic E-state index is 12.0. The van der Waals surface area contributed by atoms with Crippen LogP contribution in [0.15, 0.2) is 46.9 Å². The third kappa shape index (κ3) is 3.69. The lowest BCUT2D eigenvalue weighted by Crippen LogP contribution is -2.28. The summed E-state index contributed by atoms with van der Waals surface area (Å²) in [5.74, 6) is 0.802. The third-order valence-corrected chi connectivity index (χ3v) is 4.31. The van der Waals surface area contributed by atoms with Gasteiger partial charge in [-0.3, -0.25) is 4.79 Å². The molecule has 0 heterocycles. The maximum Gasteiger partial charge on any atom is 0.251 e. The lowest BCUT2D eigenvalue weighted by atomic mass is 10.1. The van der Waals surface area contributed by atoms with Crippen LogP contribution in [0.5, 0.6) is 5.75 Å². The summed E-state index contributed by atoms with van der Waals surface area (Å²) in [7, 11) is 0. The van der Waals surface area contributed by atoms with Crippen LogP contribution in [0.1, 0.15) is 27.9 Å². The summed E-state index contributed by atoms with van der Waals surface area (Å²) in [6.07, 6.45) is 3.56. The molecule has 1 amide bonds. The van der Waals surface area contributed by atoms with E-state index in [4.69, 9.17) is 4.74 Å². The molecule has 3 nitrogen and oxygen atoms in total. The van der Waals surface area contributed by atoms with Crippen LogP contribution >= 0.6 is 15.9 Å². The number of fused-ring (bicyclic) bond motifs is 1. The zero-order valence-electron chi connectivity index (χ0n) is 12.3. The van der Waals surface area contributed by atoms with E-state index in [1.807, 2.05) is 18.2 Å². The monoisotopic (exact) mass is 359 g/mol. The molecular weight excluding hydrogens is 342 g/mol. The zero-order valence-corrected chi connectivity index (χ0v) is 13.9. The Labute approximate surface area is 138 Å². The fourth-order valence-corrected chi connectivity index (χ4v) is 3.10. The van der Waals surface area contributed by atoms with Crippen molar-refractivity contribution in [2.24, 2.45) is 0 Å². The first-order valence-electron chi connectivity index (χ1n) is 7.51. The van der Waals surface area contributed by atoms with Crippen molar-refractivity contribution in [1.29, 1.82) is 0 Å². The van der Waals surface area contributed by atoms with Crippen molar-refractivity contribution in [2.75, 3.05) is 13.2 Å². The highest BCUT2D eigenvalue weighted by molar-refractivity contribution is 9.10. The predicted octanol–water partition coefficient (Wildman–Crippen LogP) is 3.75. The van der Waals surface area contributed by atoms with Gasteiger partial charge >= 0.3 is 0 Å². The molecule has 2 aromatic carbocycles. The molecule has 1 N–H and O–H groups in total. The van der Waals surface area contributed by atoms with Gasteiger partial charge in [0, 0.05) is 10.0 Å². The smallest absolute Gasteiger partial charge is 0.251 e. The van der Waals surface area contributed by atoms with Gasteiger partial charge < -0.3 is 10.1 Å². The van der Waals surface area contributed by atoms with Crippen LogP contribution in [-0.4, -0.2) is 19.1 Å². The summed E-state index contributed by atoms with van der Waals surface area (Å²) in [5, 5.41) is 2.86. The Balaban J connectivity index is 1.46. The molecule has 0 aliphatic heterocycles. The number of aryl methyl sites for hydroxylation is 2. The summed E-state index contributed by atoms with van der Waals surface area (Å²) >= 11 is 3.36. The number of amides is 1. The van der Waals surface area contributed by atoms with Crippen molar-refractivity contribution >= 4 is 21.8 Å². The summed E-state index contributed by atoms with van der Waals surface area (Å²) in [4.78, 5) is 12.0. The first-order valence-corrected chi connectivity index (χ1v) is 8.30. The minimum Gasteiger partial charge on any atom is -0.492 e. The molecular formula is C18H18BrNO2. The molecule has 0 fully saturated rings. The van der Waals surface area contributed by atoms with Crippen molar-refractivity contribution in [1.82, 2.24) is 5.32 Å². The highest BCUT2D eigenvalue weighted by Gasteiger charge is 2.11. The molecule has 0 unspecified atom stereocenters. The fraction of sp³-hybridized carbons (Fsp3) is 0.278. The number of benzene rings is 2. The van der Waals surface area contributed by atoms with E-state index in [2.05, 4.69) is 33.4 Å². The molecule has 0 spiro atoms. The number of hydrogen-bond donors (Lipinski definition) is 1. The predicted molar refractivity (Wildman–Crippen MR) is 90.4 cm³/mol. The number of nitrogens with one attached hydrogen (secondary N) is 1. The lowest BCUT2D eigenvalue weighted by Gasteiger charge is -2.09. The van der Waals surface area contributed by atoms with E-state index in [0.717, 1.165) is 16.6 Å². The van der Waals surface area contributed by atoms with Crippen molar-refractivity contribution in [2.45, 2.75) is 19.3 Å². The van der Waals surface area contributed by atoms with E-state index in [1.54, 1.807) is 12.1 Å². The van der Waals surface area contributed by atoms with Crippen molar-refractivity contribution in [3.8, 4) is 5.75 Å². The topological polar surface area (TPSA) is 38.3 Å². The van der Waals surface area contributed by atoms with Gasteiger partial charge in [-0.25, -0.2) is 0 Å². The van der Waals surface area contributed by atoms with Gasteiger partial charge in [-0.1, -0.05) is 28.1 Å². The largest absolute Gasteiger partial charge is 0.492 e. The second kappa shape index (κ2) is 6.97. The Morgan fingerprint density at radius 3 is 2.86 bits per heavy atom. The quantitative estimate of drug-likeness (QED) is 0.825. The number of halogens is 1. The first-order chi connectivity index (χ1) is 10.7. The average molecular weight is 360 g/mol. The van der Waals surface area contributed by atoms with Gasteiger partial charge in [0.05, 0.1) is 6.54 Å². The van der Waals surface area contributed by atoms with E-state index in [9.17, 15) is 4.79 Å². The van der Waals surface area contributed by atoms with Crippen LogP contribution in [0.2, 0.25) is 0 Å². The number of hydrogen-bond acceptors (Lipinski definition) is 2. The van der Waals surface area contributed by atoms with Crippen molar-refractivity contribution in [3.63, 3.8) is 0 Å². The Kier molecular flexibility index (Phi) is 4.78. The van der Waals surface area contributed by atoms with E-state index in [0.29, 0.717) is 18.7 Å². The summed E-state index contributed by atoms with van der Waals surface area (Å²) < 4.78 is 6.62. The van der Waals surface area contributed by atoms with E-state index in [1.165, 1.54) is 24.0 Å². The van der Waals surface area contributed by atoms with Crippen LogP contribution in [-0.2, 0) is 12.8 Å². The first kappa shape index (κ1) is 15.1. The van der Waals surface area contributed by atoms with Gasteiger partial charge in [0.1, 0.15) is 12.4 Å². The molecule has 0 atom stereocenters. The third-order valence-electron chi connectivity index (χ3n) is 3.81. The molecule has 4 heteroatoms. The fourth-order valence-electron chi connectivity index (χ4n) is 2.70. The van der Waals surface area contributed by atoms with Crippen LogP contribution < -0.4 is 10.1 Å². The molecule has 22 heavy (non-hydrogen) atoms. The molecule has 114 valence electrons. The van der Waals surface area contributed by atoms with Gasteiger partial charge in [-0.15, -0.1) is 0 Å². The number of rotatable bonds is 5. The Morgan fingerprint density at radius 1 is 1.14 bits per heavy atom. The Bertz CT molecular complexity index is 685. The van der Waals surface area contributed by atoms with Crippen LogP contribution in [0.3, 0.4) is 0 Å². The zero-order chi connectivity index (χ0) is 15.4. The SMILES string of the molecule is O=C(NCCOc1ccc2c(c1)CCC2)c1cccc(Br)c1. The molecule has 0 saturated heterocycles. The minimum atomic E-state index is -0.0844. The Morgan fingerprint density at radius 2 is 2.00 bits per heavy atom. The normalized spacial score (nSPS) is 12.8. The summed E-state index contributed by atoms with van der Waals surface area (Å²) in [5.41, 5.74) is 3.48. The molecule has 1 aliphatic carbocycles. The van der Waals surface area contributed by atoms with Crippen molar-refractivity contribution < 1.29 is 9.53 Å². The number of carbonyl (C=O) groups excluding carboxylic acids is 1. The maximum absolute atomic E-state index is 12.0. The molecule has 1 aliphatic rings. The van der Waals surface area contributed by atoms with Crippen LogP contribution in [0, 0.1) is 0 Å². The molecule has 0 bridgehead atoms. The summed E-state index contributed by atoms with van der Waals surface area (Å²) in [6, 6.07) is 13.6. The second-order valence-electron chi connectivity index (χ2n) is 5.40. The Hall–Kier alpha value is -1.81. The standard InChI is InChI=1S/C18H18BrNO2/c19-16-6-2-5-15(11-16)18(21)20-9-10-22-17-8-7-13-3-1-4-14(13)12-17/h2,5-8,11-12H,1,3-4,9-10H2,(H,20,21). The van der Waals surface area contributed by atoms with Crippen molar-refractivity contribution in [3.05, 3.63) is 63.6 Å². The van der Waals surface area contributed by atoms with Gasteiger partial charge in [-0.2, -0.15) is 0 Å². The van der Waals surface area contributed by atoms with Gasteiger partial charge in [0.25, 0.3) is 5.91 Å². The van der Waals surface area contributed by atoms with E-state index < -0.39 is 0 Å².